The van der Waals surface area contributed by atoms with Gasteiger partial charge < -0.3 is 60.3 Å². The molecule has 0 spiro atoms. The van der Waals surface area contributed by atoms with Gasteiger partial charge in [-0.05, 0) is 105 Å². The number of ketones is 3. The average Bonchev–Trinajstić information content (AvgIpc) is 0.988. The van der Waals surface area contributed by atoms with Gasteiger partial charge >= 0.3 is 12.0 Å². The van der Waals surface area contributed by atoms with Crippen molar-refractivity contribution in [1.29, 1.82) is 0 Å². The number of nitrogens with two attached hydrogens (primary N) is 1. The SMILES string of the molecule is CCCn1nnc2c1CCCCCC2OCC(=O)NCCCC[C@@H](CC(=O)CCOCCOCCOCCOCCCC(=O)CCC(=O)N1Cc2ccccc2C#Cc2ccccc21)C(=O)N[C@H](C(=O)C[C@@H](CCCNC(N)=O)C(=O)Nc1ccc(COC(=O)C(C)C)cc1)C(C)C. The second kappa shape index (κ2) is 43.9. The summed E-state index contributed by atoms with van der Waals surface area (Å²) in [5.74, 6) is 1.73. The molecular weight excluding hydrogens is 1250 g/mol. The Morgan fingerprint density at radius 3 is 2.04 bits per heavy atom. The van der Waals surface area contributed by atoms with E-state index in [1.807, 2.05) is 53.2 Å². The zero-order valence-corrected chi connectivity index (χ0v) is 58.0. The van der Waals surface area contributed by atoms with E-state index >= 15 is 0 Å². The lowest BCUT2D eigenvalue weighted by molar-refractivity contribution is -0.148. The van der Waals surface area contributed by atoms with Gasteiger partial charge in [-0.2, -0.15) is 0 Å². The summed E-state index contributed by atoms with van der Waals surface area (Å²) < 4.78 is 36.1. The van der Waals surface area contributed by atoms with E-state index in [2.05, 4.69) is 50.3 Å². The molecule has 4 aromatic rings. The molecule has 0 saturated carbocycles. The Bertz CT molecular complexity index is 3270. The fourth-order valence-corrected chi connectivity index (χ4v) is 11.4. The number of aromatic nitrogens is 3. The number of nitrogens with one attached hydrogen (secondary N) is 4. The lowest BCUT2D eigenvalue weighted by Gasteiger charge is -2.26. The molecule has 2 heterocycles. The first-order valence-corrected chi connectivity index (χ1v) is 35.0. The molecule has 0 saturated heterocycles. The van der Waals surface area contributed by atoms with Crippen LogP contribution in [0.3, 0.4) is 0 Å². The third-order valence-electron chi connectivity index (χ3n) is 17.0. The highest BCUT2D eigenvalue weighted by Crippen LogP contribution is 2.30. The molecule has 6 N–H and O–H groups in total. The first-order valence-electron chi connectivity index (χ1n) is 35.0. The Kier molecular flexibility index (Phi) is 35.3. The third-order valence-corrected chi connectivity index (χ3v) is 17.0. The van der Waals surface area contributed by atoms with Crippen LogP contribution in [0.5, 0.6) is 0 Å². The number of fused-ring (bicyclic) bond motifs is 3. The molecule has 0 radical (unpaired) electrons. The molecule has 6 rings (SSSR count). The van der Waals surface area contributed by atoms with E-state index < -0.39 is 41.6 Å². The minimum atomic E-state index is -1.01. The summed E-state index contributed by atoms with van der Waals surface area (Å²) in [6.45, 7) is 12.9. The highest BCUT2D eigenvalue weighted by atomic mass is 16.6. The molecule has 534 valence electrons. The molecule has 24 heteroatoms. The molecular formula is C74H103N9O15. The van der Waals surface area contributed by atoms with Crippen LogP contribution in [0, 0.1) is 35.5 Å². The van der Waals surface area contributed by atoms with Crippen molar-refractivity contribution >= 4 is 64.4 Å². The number of amides is 6. The van der Waals surface area contributed by atoms with Crippen molar-refractivity contribution in [3.63, 3.8) is 0 Å². The van der Waals surface area contributed by atoms with Gasteiger partial charge in [0.2, 0.25) is 23.6 Å². The number of nitrogens with zero attached hydrogens (tertiary/aromatic N) is 4. The summed E-state index contributed by atoms with van der Waals surface area (Å²) in [6, 6.07) is 20.4. The van der Waals surface area contributed by atoms with Gasteiger partial charge in [-0.3, -0.25) is 38.4 Å². The number of hydrogen-bond acceptors (Lipinski definition) is 17. The van der Waals surface area contributed by atoms with Crippen molar-refractivity contribution in [2.45, 2.75) is 182 Å². The van der Waals surface area contributed by atoms with E-state index in [1.165, 1.54) is 0 Å². The van der Waals surface area contributed by atoms with Gasteiger partial charge in [0.1, 0.15) is 36.6 Å². The number of carbonyl (C=O) groups excluding carboxylic acids is 9. The second-order valence-electron chi connectivity index (χ2n) is 25.6. The molecule has 98 heavy (non-hydrogen) atoms. The quantitative estimate of drug-likeness (QED) is 0.0157. The number of benzene rings is 3. The smallest absolute Gasteiger partial charge is 0.312 e. The highest BCUT2D eigenvalue weighted by Gasteiger charge is 2.33. The number of para-hydroxylation sites is 1. The first kappa shape index (κ1) is 78.8. The van der Waals surface area contributed by atoms with Crippen LogP contribution in [0.4, 0.5) is 16.2 Å². The van der Waals surface area contributed by atoms with Crippen molar-refractivity contribution in [2.24, 2.45) is 29.4 Å². The fraction of sp³-hybridized carbons (Fsp3) is 0.581. The molecule has 6 amide bonds. The summed E-state index contributed by atoms with van der Waals surface area (Å²) in [5.41, 5.74) is 11.7. The minimum absolute atomic E-state index is 0.00422. The molecule has 0 fully saturated rings. The number of aryl methyl sites for hydroxylation is 1. The van der Waals surface area contributed by atoms with Crippen LogP contribution in [0.1, 0.15) is 184 Å². The molecule has 0 bridgehead atoms. The maximum atomic E-state index is 14.4. The van der Waals surface area contributed by atoms with E-state index in [1.54, 1.807) is 56.9 Å². The van der Waals surface area contributed by atoms with Gasteiger partial charge in [0, 0.05) is 93.4 Å². The van der Waals surface area contributed by atoms with E-state index in [4.69, 9.17) is 34.2 Å². The molecule has 1 unspecified atom stereocenters. The number of Topliss-reactive ketones (excluding diaryl/α,β-unsaturated/α-hetero) is 3. The van der Waals surface area contributed by atoms with E-state index in [-0.39, 0.29) is 132 Å². The van der Waals surface area contributed by atoms with Crippen molar-refractivity contribution in [2.75, 3.05) is 82.8 Å². The molecule has 3 aromatic carbocycles. The summed E-state index contributed by atoms with van der Waals surface area (Å²) in [4.78, 5) is 121. The standard InChI is InChI=1S/C74H103N9O15/c1-6-38-83-64-25-8-7-9-26-66(70(64)80-81-83)97-51-67(87)76-36-15-14-20-57(72(90)79-69(52(2)3)65(86)48-58(22-16-37-77-74(75)92)71(89)78-60-31-27-54(28-32-60)50-98-73(91)53(4)5)47-62(85)35-40-94-42-44-96-46-45-95-43-41-93-39-17-23-61(84)33-34-68(88)82-49-59-21-11-10-18-55(59)29-30-56-19-12-13-24-63(56)82/h10-13,18-19,21,24,27-28,31-32,52-53,57-58,66,69H,6-9,14-17,20,22-23,25-26,33-51H2,1-5H3,(H,76,87)(H,78,89)(H,79,90)(H3,75,77,92)/t57-,58+,66?,69-/m0/s1. The number of ether oxygens (including phenoxy) is 6. The monoisotopic (exact) mass is 1360 g/mol. The topological polar surface area (TPSA) is 317 Å². The van der Waals surface area contributed by atoms with E-state index in [0.717, 1.165) is 78.8 Å². The predicted octanol–water partition coefficient (Wildman–Crippen LogP) is 8.76. The van der Waals surface area contributed by atoms with Gasteiger partial charge in [0.25, 0.3) is 0 Å². The van der Waals surface area contributed by atoms with Crippen LogP contribution in [0.25, 0.3) is 0 Å². The largest absolute Gasteiger partial charge is 0.461 e. The fourth-order valence-electron chi connectivity index (χ4n) is 11.4. The Labute approximate surface area is 577 Å². The van der Waals surface area contributed by atoms with Crippen LogP contribution in [-0.4, -0.2) is 147 Å². The van der Waals surface area contributed by atoms with Crippen molar-refractivity contribution in [3.8, 4) is 11.8 Å². The maximum absolute atomic E-state index is 14.4. The molecule has 1 aliphatic heterocycles. The highest BCUT2D eigenvalue weighted by molar-refractivity contribution is 5.99. The van der Waals surface area contributed by atoms with Crippen molar-refractivity contribution < 1.29 is 71.6 Å². The Hall–Kier alpha value is -8.21. The Balaban J connectivity index is 0.915. The second-order valence-corrected chi connectivity index (χ2v) is 25.6. The number of urea groups is 1. The predicted molar refractivity (Wildman–Crippen MR) is 369 cm³/mol. The third kappa shape index (κ3) is 28.3. The Morgan fingerprint density at radius 1 is 0.663 bits per heavy atom. The zero-order valence-electron chi connectivity index (χ0n) is 58.0. The first-order chi connectivity index (χ1) is 47.4. The number of anilines is 2. The molecule has 4 atom stereocenters. The zero-order chi connectivity index (χ0) is 70.4. The summed E-state index contributed by atoms with van der Waals surface area (Å²) in [7, 11) is 0. The van der Waals surface area contributed by atoms with Gasteiger partial charge in [-0.25, -0.2) is 9.48 Å². The Morgan fingerprint density at radius 2 is 1.33 bits per heavy atom. The number of esters is 1. The lowest BCUT2D eigenvalue weighted by Crippen LogP contribution is -2.48. The minimum Gasteiger partial charge on any atom is -0.461 e. The van der Waals surface area contributed by atoms with Gasteiger partial charge in [0.15, 0.2) is 5.78 Å². The summed E-state index contributed by atoms with van der Waals surface area (Å²) in [6.07, 6.45) is 7.72. The molecule has 1 aliphatic carbocycles. The molecule has 2 aliphatic rings. The molecule has 24 nitrogen and oxygen atoms in total. The van der Waals surface area contributed by atoms with Crippen LogP contribution in [0.2, 0.25) is 0 Å². The van der Waals surface area contributed by atoms with Crippen LogP contribution < -0.4 is 31.9 Å². The number of unbranched alkanes of at least 4 members (excludes halogenated alkanes) is 1. The van der Waals surface area contributed by atoms with Crippen molar-refractivity contribution in [3.05, 3.63) is 106 Å². The summed E-state index contributed by atoms with van der Waals surface area (Å²) in [5, 5.41) is 20.1. The number of primary amides is 1. The summed E-state index contributed by atoms with van der Waals surface area (Å²) >= 11 is 0. The van der Waals surface area contributed by atoms with Crippen LogP contribution in [-0.2, 0) is 92.9 Å². The van der Waals surface area contributed by atoms with Crippen molar-refractivity contribution in [1.82, 2.24) is 30.9 Å². The number of rotatable bonds is 46. The van der Waals surface area contributed by atoms with Crippen LogP contribution >= 0.6 is 0 Å². The normalized spacial score (nSPS) is 14.3. The van der Waals surface area contributed by atoms with Gasteiger partial charge in [-0.1, -0.05) is 113 Å². The van der Waals surface area contributed by atoms with E-state index in [0.29, 0.717) is 89.5 Å². The number of hydrogen-bond donors (Lipinski definition) is 5. The lowest BCUT2D eigenvalue weighted by atomic mass is 9.88. The van der Waals surface area contributed by atoms with Gasteiger partial charge in [0.05, 0.1) is 76.1 Å². The van der Waals surface area contributed by atoms with Gasteiger partial charge in [-0.15, -0.1) is 5.10 Å². The average molecular weight is 1360 g/mol. The maximum Gasteiger partial charge on any atom is 0.312 e. The van der Waals surface area contributed by atoms with Crippen LogP contribution in [0.15, 0.2) is 72.8 Å². The molecule has 1 aromatic heterocycles. The number of carbonyl (C=O) groups is 9. The van der Waals surface area contributed by atoms with E-state index in [9.17, 15) is 43.2 Å².